The van der Waals surface area contributed by atoms with Gasteiger partial charge >= 0.3 is 0 Å². The molecule has 36 heavy (non-hydrogen) atoms. The van der Waals surface area contributed by atoms with E-state index in [1.165, 1.54) is 11.8 Å². The number of hydrogen-bond donors (Lipinski definition) is 1. The first-order valence-corrected chi connectivity index (χ1v) is 11.8. The van der Waals surface area contributed by atoms with Crippen molar-refractivity contribution in [3.8, 4) is 11.6 Å². The van der Waals surface area contributed by atoms with Crippen molar-refractivity contribution in [3.05, 3.63) is 100 Å². The number of hydrogen-bond acceptors (Lipinski definition) is 7. The number of amides is 1. The fourth-order valence-electron chi connectivity index (χ4n) is 4.03. The number of aromatic nitrogens is 3. The second kappa shape index (κ2) is 10.6. The first-order valence-electron chi connectivity index (χ1n) is 11.5. The van der Waals surface area contributed by atoms with Crippen LogP contribution in [0.1, 0.15) is 27.0 Å². The van der Waals surface area contributed by atoms with Crippen LogP contribution in [0, 0.1) is 0 Å². The van der Waals surface area contributed by atoms with Gasteiger partial charge in [-0.25, -0.2) is 4.98 Å². The summed E-state index contributed by atoms with van der Waals surface area (Å²) in [4.78, 5) is 28.3. The zero-order valence-corrected chi connectivity index (χ0v) is 20.4. The lowest BCUT2D eigenvalue weighted by atomic mass is 10.2. The molecule has 0 bridgehead atoms. The van der Waals surface area contributed by atoms with Gasteiger partial charge in [0.15, 0.2) is 0 Å². The molecule has 0 atom stereocenters. The van der Waals surface area contributed by atoms with Crippen LogP contribution in [0.2, 0.25) is 5.02 Å². The SMILES string of the molecule is COc1ccc(COc2nc(N3CCc4ccccc43)ncc2C(=O)NCc2ccncc2)cc1Cl. The number of anilines is 2. The maximum atomic E-state index is 13.1. The maximum absolute atomic E-state index is 13.1. The predicted molar refractivity (Wildman–Crippen MR) is 137 cm³/mol. The zero-order valence-electron chi connectivity index (χ0n) is 19.6. The molecule has 3 heterocycles. The quantitative estimate of drug-likeness (QED) is 0.373. The molecule has 1 amide bonds. The average molecular weight is 502 g/mol. The highest BCUT2D eigenvalue weighted by Crippen LogP contribution is 2.33. The van der Waals surface area contributed by atoms with E-state index in [4.69, 9.17) is 21.1 Å². The molecule has 0 radical (unpaired) electrons. The number of nitrogens with zero attached hydrogens (tertiary/aromatic N) is 4. The van der Waals surface area contributed by atoms with Gasteiger partial charge in [-0.15, -0.1) is 0 Å². The third-order valence-corrected chi connectivity index (χ3v) is 6.20. The molecule has 5 rings (SSSR count). The first kappa shape index (κ1) is 23.6. The predicted octanol–water partition coefficient (Wildman–Crippen LogP) is 4.74. The zero-order chi connectivity index (χ0) is 24.9. The lowest BCUT2D eigenvalue weighted by molar-refractivity contribution is 0.0945. The first-order chi connectivity index (χ1) is 17.6. The summed E-state index contributed by atoms with van der Waals surface area (Å²) in [5.41, 5.74) is 4.28. The van der Waals surface area contributed by atoms with Gasteiger partial charge in [0.05, 0.1) is 12.1 Å². The van der Waals surface area contributed by atoms with Gasteiger partial charge in [-0.2, -0.15) is 4.98 Å². The van der Waals surface area contributed by atoms with E-state index in [9.17, 15) is 4.79 Å². The molecular weight excluding hydrogens is 478 g/mol. The van der Waals surface area contributed by atoms with E-state index in [-0.39, 0.29) is 24.0 Å². The van der Waals surface area contributed by atoms with E-state index in [1.54, 1.807) is 31.6 Å². The Morgan fingerprint density at radius 3 is 2.75 bits per heavy atom. The number of methoxy groups -OCH3 is 1. The van der Waals surface area contributed by atoms with Crippen LogP contribution in [0.15, 0.2) is 73.2 Å². The summed E-state index contributed by atoms with van der Waals surface area (Å²) in [6.07, 6.45) is 5.78. The highest BCUT2D eigenvalue weighted by Gasteiger charge is 2.24. The van der Waals surface area contributed by atoms with Crippen molar-refractivity contribution in [2.24, 2.45) is 0 Å². The molecule has 0 fully saturated rings. The van der Waals surface area contributed by atoms with E-state index in [0.717, 1.165) is 29.8 Å². The number of halogens is 1. The Balaban J connectivity index is 1.41. The number of para-hydroxylation sites is 1. The van der Waals surface area contributed by atoms with Crippen molar-refractivity contribution >= 4 is 29.1 Å². The normalized spacial score (nSPS) is 12.2. The van der Waals surface area contributed by atoms with Crippen molar-refractivity contribution in [1.82, 2.24) is 20.3 Å². The van der Waals surface area contributed by atoms with E-state index in [2.05, 4.69) is 26.3 Å². The molecule has 0 spiro atoms. The van der Waals surface area contributed by atoms with Gasteiger partial charge in [-0.3, -0.25) is 9.78 Å². The van der Waals surface area contributed by atoms with Crippen LogP contribution in [0.4, 0.5) is 11.6 Å². The number of fused-ring (bicyclic) bond motifs is 1. The van der Waals surface area contributed by atoms with Crippen LogP contribution >= 0.6 is 11.6 Å². The summed E-state index contributed by atoms with van der Waals surface area (Å²) in [6, 6.07) is 17.2. The van der Waals surface area contributed by atoms with Crippen LogP contribution in [-0.2, 0) is 19.6 Å². The van der Waals surface area contributed by atoms with Gasteiger partial charge in [-0.05, 0) is 53.4 Å². The molecule has 1 aliphatic heterocycles. The minimum Gasteiger partial charge on any atom is -0.495 e. The van der Waals surface area contributed by atoms with Crippen LogP contribution in [0.5, 0.6) is 11.6 Å². The van der Waals surface area contributed by atoms with E-state index < -0.39 is 0 Å². The van der Waals surface area contributed by atoms with Crippen LogP contribution in [0.25, 0.3) is 0 Å². The highest BCUT2D eigenvalue weighted by molar-refractivity contribution is 6.32. The lowest BCUT2D eigenvalue weighted by Crippen LogP contribution is -2.25. The summed E-state index contributed by atoms with van der Waals surface area (Å²) in [5, 5.41) is 3.38. The smallest absolute Gasteiger partial charge is 0.258 e. The molecular formula is C27H24ClN5O3. The third-order valence-electron chi connectivity index (χ3n) is 5.91. The fourth-order valence-corrected chi connectivity index (χ4v) is 4.31. The summed E-state index contributed by atoms with van der Waals surface area (Å²) in [7, 11) is 1.56. The highest BCUT2D eigenvalue weighted by atomic mass is 35.5. The summed E-state index contributed by atoms with van der Waals surface area (Å²) in [6.45, 7) is 1.26. The van der Waals surface area contributed by atoms with Crippen molar-refractivity contribution in [1.29, 1.82) is 0 Å². The number of nitrogens with one attached hydrogen (secondary N) is 1. The van der Waals surface area contributed by atoms with Gasteiger partial charge in [0.2, 0.25) is 11.8 Å². The molecule has 0 aliphatic carbocycles. The standard InChI is InChI=1S/C27H24ClN5O3/c1-35-24-7-6-19(14-22(24)28)17-36-26-21(25(34)30-15-18-8-11-29-12-9-18)16-31-27(32-26)33-13-10-20-4-2-3-5-23(20)33/h2-9,11-12,14,16H,10,13,15,17H2,1H3,(H,30,34). The van der Waals surface area contributed by atoms with E-state index in [1.807, 2.05) is 41.3 Å². The molecule has 0 saturated carbocycles. The largest absolute Gasteiger partial charge is 0.495 e. The maximum Gasteiger partial charge on any atom is 0.258 e. The van der Waals surface area contributed by atoms with Crippen molar-refractivity contribution in [2.45, 2.75) is 19.6 Å². The molecule has 1 aliphatic rings. The van der Waals surface area contributed by atoms with Gasteiger partial charge in [-0.1, -0.05) is 35.9 Å². The Labute approximate surface area is 213 Å². The summed E-state index contributed by atoms with van der Waals surface area (Å²) in [5.74, 6) is 0.925. The number of pyridine rings is 1. The van der Waals surface area contributed by atoms with Crippen molar-refractivity contribution in [3.63, 3.8) is 0 Å². The topological polar surface area (TPSA) is 89.5 Å². The number of benzene rings is 2. The van der Waals surface area contributed by atoms with Crippen molar-refractivity contribution < 1.29 is 14.3 Å². The molecule has 2 aromatic carbocycles. The van der Waals surface area contributed by atoms with Crippen molar-refractivity contribution in [2.75, 3.05) is 18.6 Å². The van der Waals surface area contributed by atoms with Gasteiger partial charge in [0, 0.05) is 37.4 Å². The number of carbonyl (C=O) groups excluding carboxylic acids is 1. The molecule has 8 nitrogen and oxygen atoms in total. The fraction of sp³-hybridized carbons (Fsp3) is 0.185. The molecule has 2 aromatic heterocycles. The Morgan fingerprint density at radius 1 is 1.11 bits per heavy atom. The molecule has 1 N–H and O–H groups in total. The number of carbonyl (C=O) groups is 1. The Hall–Kier alpha value is -4.17. The molecule has 4 aromatic rings. The van der Waals surface area contributed by atoms with Crippen LogP contribution in [0.3, 0.4) is 0 Å². The molecule has 9 heteroatoms. The Morgan fingerprint density at radius 2 is 1.94 bits per heavy atom. The van der Waals surface area contributed by atoms with Gasteiger partial charge in [0.25, 0.3) is 5.91 Å². The second-order valence-corrected chi connectivity index (χ2v) is 8.62. The number of ether oxygens (including phenoxy) is 2. The van der Waals surface area contributed by atoms with E-state index >= 15 is 0 Å². The number of rotatable bonds is 8. The van der Waals surface area contributed by atoms with Gasteiger partial charge in [0.1, 0.15) is 17.9 Å². The molecule has 182 valence electrons. The minimum absolute atomic E-state index is 0.168. The third kappa shape index (κ3) is 5.08. The Kier molecular flexibility index (Phi) is 6.95. The average Bonchev–Trinajstić information content (AvgIpc) is 3.35. The molecule has 0 unspecified atom stereocenters. The lowest BCUT2D eigenvalue weighted by Gasteiger charge is -2.19. The monoisotopic (exact) mass is 501 g/mol. The van der Waals surface area contributed by atoms with E-state index in [0.29, 0.717) is 23.3 Å². The van der Waals surface area contributed by atoms with Crippen LogP contribution < -0.4 is 19.7 Å². The Bertz CT molecular complexity index is 1380. The molecule has 0 saturated heterocycles. The minimum atomic E-state index is -0.331. The second-order valence-electron chi connectivity index (χ2n) is 8.21. The van der Waals surface area contributed by atoms with Crippen LogP contribution in [-0.4, -0.2) is 34.5 Å². The summed E-state index contributed by atoms with van der Waals surface area (Å²) < 4.78 is 11.3. The summed E-state index contributed by atoms with van der Waals surface area (Å²) >= 11 is 6.27. The van der Waals surface area contributed by atoms with Gasteiger partial charge < -0.3 is 19.7 Å².